The topological polar surface area (TPSA) is 21.7 Å². The van der Waals surface area contributed by atoms with Gasteiger partial charge in [-0.2, -0.15) is 12.6 Å². The number of likely N-dealkylation sites (tertiary alicyclic amines) is 1. The van der Waals surface area contributed by atoms with Gasteiger partial charge < -0.3 is 14.4 Å². The Morgan fingerprint density at radius 1 is 1.39 bits per heavy atom. The zero-order valence-corrected chi connectivity index (χ0v) is 12.5. The lowest BCUT2D eigenvalue weighted by molar-refractivity contribution is -0.00386. The summed E-state index contributed by atoms with van der Waals surface area (Å²) in [4.78, 5) is 2.63. The highest BCUT2D eigenvalue weighted by Gasteiger charge is 2.34. The van der Waals surface area contributed by atoms with Crippen molar-refractivity contribution in [2.24, 2.45) is 11.3 Å². The van der Waals surface area contributed by atoms with Crippen LogP contribution in [0.1, 0.15) is 25.7 Å². The largest absolute Gasteiger partial charge is 0.384 e. The van der Waals surface area contributed by atoms with Gasteiger partial charge in [-0.1, -0.05) is 0 Å². The fourth-order valence-corrected chi connectivity index (χ4v) is 3.73. The molecule has 3 nitrogen and oxygen atoms in total. The fraction of sp³-hybridized carbons (Fsp3) is 1.00. The Morgan fingerprint density at radius 2 is 2.17 bits per heavy atom. The fourth-order valence-electron chi connectivity index (χ4n) is 3.31. The van der Waals surface area contributed by atoms with Crippen molar-refractivity contribution >= 4 is 12.6 Å². The van der Waals surface area contributed by atoms with Crippen molar-refractivity contribution in [1.29, 1.82) is 0 Å². The van der Waals surface area contributed by atoms with Crippen molar-refractivity contribution in [1.82, 2.24) is 4.90 Å². The Morgan fingerprint density at radius 3 is 2.83 bits per heavy atom. The molecule has 2 saturated heterocycles. The lowest BCUT2D eigenvalue weighted by Crippen LogP contribution is -2.47. The number of thiol groups is 1. The molecule has 0 saturated carbocycles. The molecule has 106 valence electrons. The Labute approximate surface area is 117 Å². The zero-order chi connectivity index (χ0) is 12.8. The Kier molecular flexibility index (Phi) is 5.80. The number of nitrogens with zero attached hydrogens (tertiary/aromatic N) is 1. The summed E-state index contributed by atoms with van der Waals surface area (Å²) < 4.78 is 10.8. The van der Waals surface area contributed by atoms with Crippen LogP contribution in [0.25, 0.3) is 0 Å². The summed E-state index contributed by atoms with van der Waals surface area (Å²) in [5.41, 5.74) is 0.385. The molecule has 18 heavy (non-hydrogen) atoms. The Hall–Kier alpha value is 0.230. The second-order valence-corrected chi connectivity index (χ2v) is 6.29. The molecule has 0 N–H and O–H groups in total. The maximum absolute atomic E-state index is 5.50. The smallest absolute Gasteiger partial charge is 0.0502 e. The molecular weight excluding hydrogens is 246 g/mol. The molecule has 0 aromatic heterocycles. The van der Waals surface area contributed by atoms with Crippen molar-refractivity contribution in [3.63, 3.8) is 0 Å². The summed E-state index contributed by atoms with van der Waals surface area (Å²) in [5.74, 6) is 1.71. The summed E-state index contributed by atoms with van der Waals surface area (Å²) in [6.45, 7) is 6.38. The van der Waals surface area contributed by atoms with Gasteiger partial charge in [0.2, 0.25) is 0 Å². The maximum atomic E-state index is 5.50. The number of piperidine rings is 1. The molecule has 2 rings (SSSR count). The van der Waals surface area contributed by atoms with E-state index in [9.17, 15) is 0 Å². The van der Waals surface area contributed by atoms with Gasteiger partial charge >= 0.3 is 0 Å². The molecule has 0 radical (unpaired) electrons. The van der Waals surface area contributed by atoms with E-state index in [1.807, 2.05) is 7.11 Å². The van der Waals surface area contributed by atoms with Crippen LogP contribution in [0.3, 0.4) is 0 Å². The average Bonchev–Trinajstić information content (AvgIpc) is 2.41. The predicted octanol–water partition coefficient (Wildman–Crippen LogP) is 2.07. The first-order valence-electron chi connectivity index (χ1n) is 7.18. The van der Waals surface area contributed by atoms with Crippen LogP contribution in [-0.4, -0.2) is 57.2 Å². The van der Waals surface area contributed by atoms with E-state index in [0.717, 1.165) is 31.5 Å². The highest BCUT2D eigenvalue weighted by atomic mass is 32.1. The third kappa shape index (κ3) is 3.86. The van der Waals surface area contributed by atoms with Gasteiger partial charge in [0.05, 0.1) is 6.61 Å². The van der Waals surface area contributed by atoms with Crippen LogP contribution in [0, 0.1) is 11.3 Å². The van der Waals surface area contributed by atoms with E-state index >= 15 is 0 Å². The molecule has 0 bridgehead atoms. The molecule has 1 atom stereocenters. The molecule has 1 unspecified atom stereocenters. The SMILES string of the molecule is COCC1CCCN(CC2(CS)CCOCC2)C1. The average molecular weight is 273 g/mol. The van der Waals surface area contributed by atoms with Gasteiger partial charge in [0.1, 0.15) is 0 Å². The van der Waals surface area contributed by atoms with Crippen molar-refractivity contribution in [2.75, 3.05) is 52.3 Å². The minimum atomic E-state index is 0.385. The van der Waals surface area contributed by atoms with E-state index in [1.165, 1.54) is 45.3 Å². The number of hydrogen-bond donors (Lipinski definition) is 1. The van der Waals surface area contributed by atoms with E-state index in [0.29, 0.717) is 5.41 Å². The third-order valence-corrected chi connectivity index (χ3v) is 5.12. The number of ether oxygens (including phenoxy) is 2. The van der Waals surface area contributed by atoms with Crippen LogP contribution in [0.2, 0.25) is 0 Å². The van der Waals surface area contributed by atoms with Crippen LogP contribution >= 0.6 is 12.6 Å². The van der Waals surface area contributed by atoms with Gasteiger partial charge in [-0.05, 0) is 49.3 Å². The highest BCUT2D eigenvalue weighted by molar-refractivity contribution is 7.80. The molecule has 0 aromatic rings. The standard InChI is InChI=1S/C14H27NO2S/c1-16-10-13-3-2-6-15(9-13)11-14(12-18)4-7-17-8-5-14/h13,18H,2-12H2,1H3. The lowest BCUT2D eigenvalue weighted by atomic mass is 9.81. The predicted molar refractivity (Wildman–Crippen MR) is 77.4 cm³/mol. The zero-order valence-electron chi connectivity index (χ0n) is 11.6. The molecule has 0 aliphatic carbocycles. The minimum absolute atomic E-state index is 0.385. The molecule has 4 heteroatoms. The van der Waals surface area contributed by atoms with Crippen LogP contribution in [0.4, 0.5) is 0 Å². The van der Waals surface area contributed by atoms with Gasteiger partial charge in [-0.25, -0.2) is 0 Å². The first-order chi connectivity index (χ1) is 8.78. The molecule has 0 spiro atoms. The van der Waals surface area contributed by atoms with Crippen LogP contribution < -0.4 is 0 Å². The van der Waals surface area contributed by atoms with Crippen molar-refractivity contribution in [2.45, 2.75) is 25.7 Å². The monoisotopic (exact) mass is 273 g/mol. The Balaban J connectivity index is 1.86. The van der Waals surface area contributed by atoms with Crippen molar-refractivity contribution < 1.29 is 9.47 Å². The molecule has 2 aliphatic heterocycles. The van der Waals surface area contributed by atoms with Crippen LogP contribution in [0.15, 0.2) is 0 Å². The summed E-state index contributed by atoms with van der Waals surface area (Å²) in [5, 5.41) is 0. The molecular formula is C14H27NO2S. The highest BCUT2D eigenvalue weighted by Crippen LogP contribution is 2.34. The van der Waals surface area contributed by atoms with Crippen molar-refractivity contribution in [3.05, 3.63) is 0 Å². The third-order valence-electron chi connectivity index (χ3n) is 4.45. The van der Waals surface area contributed by atoms with Gasteiger partial charge in [0, 0.05) is 33.4 Å². The minimum Gasteiger partial charge on any atom is -0.384 e. The van der Waals surface area contributed by atoms with E-state index in [1.54, 1.807) is 0 Å². The van der Waals surface area contributed by atoms with Gasteiger partial charge in [0.15, 0.2) is 0 Å². The van der Waals surface area contributed by atoms with Crippen LogP contribution in [0.5, 0.6) is 0 Å². The second kappa shape index (κ2) is 7.13. The quantitative estimate of drug-likeness (QED) is 0.775. The summed E-state index contributed by atoms with van der Waals surface area (Å²) in [6.07, 6.45) is 4.97. The van der Waals surface area contributed by atoms with Gasteiger partial charge in [-0.15, -0.1) is 0 Å². The number of rotatable bonds is 5. The van der Waals surface area contributed by atoms with E-state index < -0.39 is 0 Å². The summed E-state index contributed by atoms with van der Waals surface area (Å²) in [6, 6.07) is 0. The first-order valence-corrected chi connectivity index (χ1v) is 7.81. The van der Waals surface area contributed by atoms with Gasteiger partial charge in [-0.3, -0.25) is 0 Å². The molecule has 0 aromatic carbocycles. The molecule has 2 heterocycles. The molecule has 2 aliphatic rings. The lowest BCUT2D eigenvalue weighted by Gasteiger charge is -2.42. The first kappa shape index (κ1) is 14.6. The second-order valence-electron chi connectivity index (χ2n) is 5.97. The summed E-state index contributed by atoms with van der Waals surface area (Å²) >= 11 is 4.61. The summed E-state index contributed by atoms with van der Waals surface area (Å²) in [7, 11) is 1.81. The molecule has 0 amide bonds. The van der Waals surface area contributed by atoms with E-state index in [4.69, 9.17) is 9.47 Å². The normalized spacial score (nSPS) is 29.3. The maximum Gasteiger partial charge on any atom is 0.0502 e. The Bertz CT molecular complexity index is 242. The molecule has 2 fully saturated rings. The number of hydrogen-bond acceptors (Lipinski definition) is 4. The van der Waals surface area contributed by atoms with Gasteiger partial charge in [0.25, 0.3) is 0 Å². The number of methoxy groups -OCH3 is 1. The van der Waals surface area contributed by atoms with E-state index in [-0.39, 0.29) is 0 Å². The van der Waals surface area contributed by atoms with E-state index in [2.05, 4.69) is 17.5 Å². The van der Waals surface area contributed by atoms with Crippen LogP contribution in [-0.2, 0) is 9.47 Å². The van der Waals surface area contributed by atoms with Crippen molar-refractivity contribution in [3.8, 4) is 0 Å².